The van der Waals surface area contributed by atoms with Crippen LogP contribution in [0.3, 0.4) is 0 Å². The molecule has 0 aliphatic rings. The van der Waals surface area contributed by atoms with Crippen molar-refractivity contribution in [3.05, 3.63) is 44.9 Å². The molecule has 10 heteroatoms. The quantitative estimate of drug-likeness (QED) is 0.548. The lowest BCUT2D eigenvalue weighted by Gasteiger charge is -2.07. The molecule has 0 bridgehead atoms. The molecule has 2 aromatic rings. The highest BCUT2D eigenvalue weighted by atomic mass is 32.1. The number of thiophene rings is 1. The van der Waals surface area contributed by atoms with Crippen LogP contribution in [0.5, 0.6) is 0 Å². The number of carbonyl (C=O) groups excluding carboxylic acids is 3. The maximum Gasteiger partial charge on any atom is 0.356 e. The fourth-order valence-electron chi connectivity index (χ4n) is 1.83. The number of aromatic nitrogens is 1. The first-order valence-electron chi connectivity index (χ1n) is 7.50. The van der Waals surface area contributed by atoms with E-state index in [2.05, 4.69) is 20.4 Å². The number of carbonyl (C=O) groups is 3. The van der Waals surface area contributed by atoms with Crippen LogP contribution in [0.4, 0.5) is 5.13 Å². The van der Waals surface area contributed by atoms with Crippen molar-refractivity contribution in [3.8, 4) is 0 Å². The molecule has 2 rings (SSSR count). The van der Waals surface area contributed by atoms with E-state index in [1.165, 1.54) is 24.6 Å². The summed E-state index contributed by atoms with van der Waals surface area (Å²) in [6.07, 6.45) is 1.27. The minimum Gasteiger partial charge on any atom is -0.464 e. The Balaban J connectivity index is 2.15. The van der Waals surface area contributed by atoms with E-state index in [0.29, 0.717) is 20.6 Å². The van der Waals surface area contributed by atoms with Crippen molar-refractivity contribution >= 4 is 45.7 Å². The molecule has 2 N–H and O–H groups in total. The minimum absolute atomic E-state index is 0.0866. The van der Waals surface area contributed by atoms with Gasteiger partial charge in [-0.1, -0.05) is 17.4 Å². The summed E-state index contributed by atoms with van der Waals surface area (Å²) in [5.41, 5.74) is 0.419. The normalized spacial score (nSPS) is 11.0. The van der Waals surface area contributed by atoms with Gasteiger partial charge in [-0.3, -0.25) is 4.79 Å². The number of hydrogen-bond acceptors (Lipinski definition) is 9. The third-order valence-corrected chi connectivity index (χ3v) is 4.93. The molecule has 0 aromatic carbocycles. The van der Waals surface area contributed by atoms with Gasteiger partial charge in [0.25, 0.3) is 5.91 Å². The first kappa shape index (κ1) is 19.6. The molecular weight excluding hydrogens is 378 g/mol. The lowest BCUT2D eigenvalue weighted by atomic mass is 10.4. The third kappa shape index (κ3) is 4.90. The van der Waals surface area contributed by atoms with Crippen molar-refractivity contribution in [2.75, 3.05) is 19.0 Å². The maximum absolute atomic E-state index is 12.1. The Bertz CT molecular complexity index is 827. The van der Waals surface area contributed by atoms with Gasteiger partial charge >= 0.3 is 11.9 Å². The van der Waals surface area contributed by atoms with Gasteiger partial charge in [0.2, 0.25) is 0 Å². The second-order valence-corrected chi connectivity index (χ2v) is 6.73. The van der Waals surface area contributed by atoms with E-state index in [1.54, 1.807) is 31.4 Å². The largest absolute Gasteiger partial charge is 0.464 e. The predicted molar refractivity (Wildman–Crippen MR) is 98.3 cm³/mol. The SMILES string of the molecule is CCOC(=O)c1sc(N/C=C(\NC(=O)c2cccs2)C(=O)OC)nc1C. The Morgan fingerprint density at radius 1 is 1.35 bits per heavy atom. The minimum atomic E-state index is -0.721. The molecular formula is C16H17N3O5S2. The molecule has 0 spiro atoms. The molecule has 0 saturated carbocycles. The number of aryl methyl sites for hydroxylation is 1. The molecule has 0 atom stereocenters. The van der Waals surface area contributed by atoms with Crippen molar-refractivity contribution in [2.24, 2.45) is 0 Å². The van der Waals surface area contributed by atoms with E-state index >= 15 is 0 Å². The molecule has 0 unspecified atom stereocenters. The van der Waals surface area contributed by atoms with Crippen LogP contribution in [0.1, 0.15) is 32.0 Å². The van der Waals surface area contributed by atoms with Crippen LogP contribution < -0.4 is 10.6 Å². The number of anilines is 1. The summed E-state index contributed by atoms with van der Waals surface area (Å²) in [5.74, 6) is -1.61. The monoisotopic (exact) mass is 395 g/mol. The molecule has 0 radical (unpaired) electrons. The Kier molecular flexibility index (Phi) is 6.87. The van der Waals surface area contributed by atoms with Crippen molar-refractivity contribution in [2.45, 2.75) is 13.8 Å². The summed E-state index contributed by atoms with van der Waals surface area (Å²) in [6.45, 7) is 3.66. The van der Waals surface area contributed by atoms with Crippen LogP contribution in [0.2, 0.25) is 0 Å². The molecule has 0 aliphatic heterocycles. The van der Waals surface area contributed by atoms with E-state index in [4.69, 9.17) is 4.74 Å². The fraction of sp³-hybridized carbons (Fsp3) is 0.250. The van der Waals surface area contributed by atoms with Crippen LogP contribution in [0.25, 0.3) is 0 Å². The molecule has 0 saturated heterocycles. The first-order valence-corrected chi connectivity index (χ1v) is 9.20. The molecule has 0 aliphatic carbocycles. The molecule has 0 fully saturated rings. The highest BCUT2D eigenvalue weighted by Crippen LogP contribution is 2.23. The highest BCUT2D eigenvalue weighted by molar-refractivity contribution is 7.17. The van der Waals surface area contributed by atoms with Crippen LogP contribution in [0, 0.1) is 6.92 Å². The highest BCUT2D eigenvalue weighted by Gasteiger charge is 2.18. The zero-order valence-electron chi connectivity index (χ0n) is 14.3. The summed E-state index contributed by atoms with van der Waals surface area (Å²) >= 11 is 2.33. The zero-order chi connectivity index (χ0) is 19.1. The lowest BCUT2D eigenvalue weighted by Crippen LogP contribution is -2.28. The van der Waals surface area contributed by atoms with Crippen molar-refractivity contribution < 1.29 is 23.9 Å². The smallest absolute Gasteiger partial charge is 0.356 e. The number of amides is 1. The number of hydrogen-bond donors (Lipinski definition) is 2. The Morgan fingerprint density at radius 3 is 2.73 bits per heavy atom. The van der Waals surface area contributed by atoms with Crippen LogP contribution in [-0.2, 0) is 14.3 Å². The summed E-state index contributed by atoms with van der Waals surface area (Å²) in [6, 6.07) is 3.37. The zero-order valence-corrected chi connectivity index (χ0v) is 16.0. The molecule has 2 heterocycles. The average molecular weight is 395 g/mol. The predicted octanol–water partition coefficient (Wildman–Crippen LogP) is 2.55. The summed E-state index contributed by atoms with van der Waals surface area (Å²) < 4.78 is 9.62. The van der Waals surface area contributed by atoms with Gasteiger partial charge in [0, 0.05) is 6.20 Å². The van der Waals surface area contributed by atoms with Gasteiger partial charge in [-0.05, 0) is 25.3 Å². The second kappa shape index (κ2) is 9.11. The van der Waals surface area contributed by atoms with Crippen LogP contribution in [-0.4, -0.2) is 36.5 Å². The van der Waals surface area contributed by atoms with E-state index < -0.39 is 17.8 Å². The third-order valence-electron chi connectivity index (χ3n) is 3.00. The van der Waals surface area contributed by atoms with E-state index in [0.717, 1.165) is 11.3 Å². The van der Waals surface area contributed by atoms with E-state index in [1.807, 2.05) is 0 Å². The van der Waals surface area contributed by atoms with E-state index in [9.17, 15) is 14.4 Å². The number of rotatable bonds is 7. The van der Waals surface area contributed by atoms with Gasteiger partial charge < -0.3 is 20.1 Å². The summed E-state index contributed by atoms with van der Waals surface area (Å²) in [4.78, 5) is 40.8. The van der Waals surface area contributed by atoms with E-state index in [-0.39, 0.29) is 12.3 Å². The fourth-order valence-corrected chi connectivity index (χ4v) is 3.27. The summed E-state index contributed by atoms with van der Waals surface area (Å²) in [7, 11) is 1.21. The van der Waals surface area contributed by atoms with Crippen LogP contribution >= 0.6 is 22.7 Å². The Labute approximate surface area is 157 Å². The molecule has 1 amide bonds. The molecule has 8 nitrogen and oxygen atoms in total. The van der Waals surface area contributed by atoms with Gasteiger partial charge in [0.15, 0.2) is 5.13 Å². The number of thiazole rings is 1. The van der Waals surface area contributed by atoms with Gasteiger partial charge in [0.1, 0.15) is 10.6 Å². The first-order chi connectivity index (χ1) is 12.5. The van der Waals surface area contributed by atoms with Crippen LogP contribution in [0.15, 0.2) is 29.4 Å². The topological polar surface area (TPSA) is 107 Å². The second-order valence-electron chi connectivity index (χ2n) is 4.78. The van der Waals surface area contributed by atoms with Crippen molar-refractivity contribution in [1.82, 2.24) is 10.3 Å². The molecule has 26 heavy (non-hydrogen) atoms. The molecule has 2 aromatic heterocycles. The number of esters is 2. The number of nitrogens with one attached hydrogen (secondary N) is 2. The molecule has 138 valence electrons. The number of ether oxygens (including phenoxy) is 2. The van der Waals surface area contributed by atoms with Gasteiger partial charge in [0.05, 0.1) is 24.3 Å². The standard InChI is InChI=1S/C16H17N3O5S2/c1-4-24-15(22)12-9(2)18-16(26-12)17-8-10(14(21)23-3)19-13(20)11-6-5-7-25-11/h5-8H,4H2,1-3H3,(H,17,18)(H,19,20)/b10-8-. The van der Waals surface area contributed by atoms with Gasteiger partial charge in [-0.15, -0.1) is 11.3 Å². The summed E-state index contributed by atoms with van der Waals surface area (Å²) in [5, 5.41) is 7.41. The lowest BCUT2D eigenvalue weighted by molar-refractivity contribution is -0.136. The van der Waals surface area contributed by atoms with Crippen molar-refractivity contribution in [3.63, 3.8) is 0 Å². The number of methoxy groups -OCH3 is 1. The average Bonchev–Trinajstić information content (AvgIpc) is 3.27. The van der Waals surface area contributed by atoms with Gasteiger partial charge in [-0.2, -0.15) is 0 Å². The Hall–Kier alpha value is -2.72. The Morgan fingerprint density at radius 2 is 2.12 bits per heavy atom. The van der Waals surface area contributed by atoms with Gasteiger partial charge in [-0.25, -0.2) is 14.6 Å². The number of nitrogens with zero attached hydrogens (tertiary/aromatic N) is 1. The van der Waals surface area contributed by atoms with Crippen molar-refractivity contribution in [1.29, 1.82) is 0 Å². The maximum atomic E-state index is 12.1.